The van der Waals surface area contributed by atoms with E-state index >= 15 is 0 Å². The van der Waals surface area contributed by atoms with E-state index in [9.17, 15) is 20.0 Å². The number of aromatic nitrogens is 3. The molecule has 3 rings (SSSR count). The molecule has 9 heteroatoms. The van der Waals surface area contributed by atoms with Gasteiger partial charge in [0.15, 0.2) is 0 Å². The summed E-state index contributed by atoms with van der Waals surface area (Å²) in [6.07, 6.45) is 3.12. The Morgan fingerprint density at radius 1 is 1.41 bits per heavy atom. The van der Waals surface area contributed by atoms with E-state index in [-0.39, 0.29) is 24.3 Å². The standard InChI is InChI=1S/C13H12N4O4S/c18-10(8-16-6-9(5-14-16)17(20)21)7-15-3-1-12-11(13(15)19)2-4-22-12/h1-6,10,18H,7-8H2. The van der Waals surface area contributed by atoms with E-state index in [1.807, 2.05) is 11.4 Å². The zero-order valence-electron chi connectivity index (χ0n) is 11.3. The van der Waals surface area contributed by atoms with Crippen molar-refractivity contribution in [3.63, 3.8) is 0 Å². The van der Waals surface area contributed by atoms with Crippen LogP contribution in [0.25, 0.3) is 10.1 Å². The van der Waals surface area contributed by atoms with Crippen molar-refractivity contribution >= 4 is 27.1 Å². The summed E-state index contributed by atoms with van der Waals surface area (Å²) in [4.78, 5) is 22.2. The van der Waals surface area contributed by atoms with E-state index in [2.05, 4.69) is 5.10 Å². The Balaban J connectivity index is 1.74. The van der Waals surface area contributed by atoms with Gasteiger partial charge < -0.3 is 9.67 Å². The van der Waals surface area contributed by atoms with Crippen molar-refractivity contribution in [2.75, 3.05) is 0 Å². The summed E-state index contributed by atoms with van der Waals surface area (Å²) in [6, 6.07) is 3.58. The van der Waals surface area contributed by atoms with Gasteiger partial charge in [0.05, 0.1) is 29.5 Å². The summed E-state index contributed by atoms with van der Waals surface area (Å²) in [6.45, 7) is 0.167. The van der Waals surface area contributed by atoms with Gasteiger partial charge in [0, 0.05) is 10.9 Å². The van der Waals surface area contributed by atoms with Gasteiger partial charge in [0.1, 0.15) is 12.4 Å². The number of aliphatic hydroxyl groups excluding tert-OH is 1. The summed E-state index contributed by atoms with van der Waals surface area (Å²) in [5.41, 5.74) is -0.298. The van der Waals surface area contributed by atoms with Crippen LogP contribution in [0.4, 0.5) is 5.69 Å². The van der Waals surface area contributed by atoms with Gasteiger partial charge in [-0.25, -0.2) is 0 Å². The van der Waals surface area contributed by atoms with Crippen LogP contribution in [-0.2, 0) is 13.1 Å². The smallest absolute Gasteiger partial charge is 0.306 e. The maximum atomic E-state index is 12.2. The summed E-state index contributed by atoms with van der Waals surface area (Å²) in [7, 11) is 0. The first-order valence-electron chi connectivity index (χ1n) is 6.46. The lowest BCUT2D eigenvalue weighted by Crippen LogP contribution is -2.28. The van der Waals surface area contributed by atoms with Gasteiger partial charge in [-0.05, 0) is 17.5 Å². The molecule has 0 aliphatic rings. The molecule has 0 aromatic carbocycles. The lowest BCUT2D eigenvalue weighted by molar-refractivity contribution is -0.385. The molecular formula is C13H12N4O4S. The van der Waals surface area contributed by atoms with Crippen molar-refractivity contribution in [1.29, 1.82) is 0 Å². The molecule has 3 heterocycles. The predicted molar refractivity (Wildman–Crippen MR) is 81.0 cm³/mol. The zero-order chi connectivity index (χ0) is 15.7. The summed E-state index contributed by atoms with van der Waals surface area (Å²) < 4.78 is 3.62. The van der Waals surface area contributed by atoms with E-state index < -0.39 is 11.0 Å². The van der Waals surface area contributed by atoms with E-state index in [1.165, 1.54) is 26.8 Å². The third-order valence-corrected chi connectivity index (χ3v) is 4.11. The largest absolute Gasteiger partial charge is 0.389 e. The van der Waals surface area contributed by atoms with Crippen molar-refractivity contribution < 1.29 is 10.0 Å². The van der Waals surface area contributed by atoms with Gasteiger partial charge in [0.2, 0.25) is 0 Å². The molecule has 3 aromatic rings. The summed E-state index contributed by atoms with van der Waals surface area (Å²) in [5.74, 6) is 0. The number of nitrogens with zero attached hydrogens (tertiary/aromatic N) is 4. The first kappa shape index (κ1) is 14.4. The van der Waals surface area contributed by atoms with Gasteiger partial charge in [-0.1, -0.05) is 0 Å². The molecule has 0 aliphatic carbocycles. The molecule has 0 amide bonds. The Morgan fingerprint density at radius 2 is 2.23 bits per heavy atom. The number of aliphatic hydroxyl groups is 1. The molecule has 0 saturated carbocycles. The second-order valence-electron chi connectivity index (χ2n) is 4.80. The van der Waals surface area contributed by atoms with E-state index in [1.54, 1.807) is 12.3 Å². The van der Waals surface area contributed by atoms with Gasteiger partial charge in [0.25, 0.3) is 5.56 Å². The molecule has 0 fully saturated rings. The number of hydrogen-bond donors (Lipinski definition) is 1. The van der Waals surface area contributed by atoms with Crippen molar-refractivity contribution in [3.8, 4) is 0 Å². The van der Waals surface area contributed by atoms with Gasteiger partial charge in [-0.2, -0.15) is 5.10 Å². The van der Waals surface area contributed by atoms with Crippen LogP contribution in [-0.4, -0.2) is 30.5 Å². The molecule has 8 nitrogen and oxygen atoms in total. The lowest BCUT2D eigenvalue weighted by atomic mass is 10.3. The maximum Gasteiger partial charge on any atom is 0.306 e. The molecule has 0 spiro atoms. The fourth-order valence-electron chi connectivity index (χ4n) is 2.20. The third kappa shape index (κ3) is 2.76. The topological polar surface area (TPSA) is 103 Å². The normalized spacial score (nSPS) is 12.6. The third-order valence-electron chi connectivity index (χ3n) is 3.23. The number of hydrogen-bond acceptors (Lipinski definition) is 6. The van der Waals surface area contributed by atoms with Crippen molar-refractivity contribution in [1.82, 2.24) is 14.3 Å². The van der Waals surface area contributed by atoms with Crippen molar-refractivity contribution in [2.45, 2.75) is 19.2 Å². The Labute approximate surface area is 128 Å². The quantitative estimate of drug-likeness (QED) is 0.562. The van der Waals surface area contributed by atoms with Gasteiger partial charge in [-0.3, -0.25) is 19.6 Å². The molecule has 1 N–H and O–H groups in total. The van der Waals surface area contributed by atoms with Crippen molar-refractivity contribution in [2.24, 2.45) is 0 Å². The fraction of sp³-hybridized carbons (Fsp3) is 0.231. The SMILES string of the molecule is O=c1c2ccsc2ccn1CC(O)Cn1cc([N+](=O)[O-])cn1. The first-order valence-corrected chi connectivity index (χ1v) is 7.34. The zero-order valence-corrected chi connectivity index (χ0v) is 12.1. The highest BCUT2D eigenvalue weighted by Crippen LogP contribution is 2.16. The molecule has 114 valence electrons. The molecule has 0 aliphatic heterocycles. The van der Waals surface area contributed by atoms with Crippen LogP contribution in [0.5, 0.6) is 0 Å². The molecule has 1 atom stereocenters. The number of thiophene rings is 1. The van der Waals surface area contributed by atoms with Crippen LogP contribution < -0.4 is 5.56 Å². The Morgan fingerprint density at radius 3 is 2.95 bits per heavy atom. The molecule has 0 saturated heterocycles. The summed E-state index contributed by atoms with van der Waals surface area (Å²) >= 11 is 1.48. The van der Waals surface area contributed by atoms with E-state index in [0.29, 0.717) is 5.39 Å². The number of pyridine rings is 1. The second-order valence-corrected chi connectivity index (χ2v) is 5.75. The molecule has 22 heavy (non-hydrogen) atoms. The average molecular weight is 320 g/mol. The molecule has 0 radical (unpaired) electrons. The Kier molecular flexibility index (Phi) is 3.73. The maximum absolute atomic E-state index is 12.2. The van der Waals surface area contributed by atoms with Gasteiger partial charge in [-0.15, -0.1) is 11.3 Å². The summed E-state index contributed by atoms with van der Waals surface area (Å²) in [5, 5.41) is 26.9. The molecule has 0 bridgehead atoms. The molecule has 3 aromatic heterocycles. The number of rotatable bonds is 5. The monoisotopic (exact) mass is 320 g/mol. The van der Waals surface area contributed by atoms with Crippen LogP contribution in [0.3, 0.4) is 0 Å². The van der Waals surface area contributed by atoms with Gasteiger partial charge >= 0.3 is 5.69 Å². The van der Waals surface area contributed by atoms with Crippen LogP contribution >= 0.6 is 11.3 Å². The van der Waals surface area contributed by atoms with Crippen LogP contribution in [0.1, 0.15) is 0 Å². The average Bonchev–Trinajstić information content (AvgIpc) is 3.11. The molecule has 1 unspecified atom stereocenters. The minimum absolute atomic E-state index is 0.0714. The van der Waals surface area contributed by atoms with Crippen LogP contribution in [0.15, 0.2) is 40.9 Å². The number of nitro groups is 1. The number of fused-ring (bicyclic) bond motifs is 1. The van der Waals surface area contributed by atoms with Crippen LogP contribution in [0.2, 0.25) is 0 Å². The minimum atomic E-state index is -0.881. The minimum Gasteiger partial charge on any atom is -0.389 e. The second kappa shape index (κ2) is 5.70. The van der Waals surface area contributed by atoms with Crippen molar-refractivity contribution in [3.05, 3.63) is 56.6 Å². The first-order chi connectivity index (χ1) is 10.5. The lowest BCUT2D eigenvalue weighted by Gasteiger charge is -2.12. The highest BCUT2D eigenvalue weighted by molar-refractivity contribution is 7.17. The highest BCUT2D eigenvalue weighted by atomic mass is 32.1. The van der Waals surface area contributed by atoms with Crippen LogP contribution in [0, 0.1) is 10.1 Å². The predicted octanol–water partition coefficient (Wildman–Crippen LogP) is 1.23. The fourth-order valence-corrected chi connectivity index (χ4v) is 2.97. The highest BCUT2D eigenvalue weighted by Gasteiger charge is 2.13. The molecular weight excluding hydrogens is 308 g/mol. The van der Waals surface area contributed by atoms with E-state index in [4.69, 9.17) is 0 Å². The Bertz CT molecular complexity index is 881. The van der Waals surface area contributed by atoms with E-state index in [0.717, 1.165) is 10.9 Å². The Hall–Kier alpha value is -2.52.